The third kappa shape index (κ3) is 3.44. The third-order valence-corrected chi connectivity index (χ3v) is 3.87. The van der Waals surface area contributed by atoms with Crippen LogP contribution in [0.5, 0.6) is 0 Å². The third-order valence-electron chi connectivity index (χ3n) is 3.87. The van der Waals surface area contributed by atoms with Gasteiger partial charge in [0.15, 0.2) is 0 Å². The SMILES string of the molecule is CC(C)(N)CN1CCC(C2CCOCC2)C1. The molecule has 3 heteroatoms. The smallest absolute Gasteiger partial charge is 0.0468 e. The second-order valence-electron chi connectivity index (χ2n) is 6.22. The topological polar surface area (TPSA) is 38.5 Å². The van der Waals surface area contributed by atoms with Crippen molar-refractivity contribution in [2.45, 2.75) is 38.6 Å². The number of likely N-dealkylation sites (tertiary alicyclic amines) is 1. The summed E-state index contributed by atoms with van der Waals surface area (Å²) in [6.45, 7) is 9.72. The summed E-state index contributed by atoms with van der Waals surface area (Å²) < 4.78 is 5.43. The van der Waals surface area contributed by atoms with E-state index in [1.807, 2.05) is 0 Å². The van der Waals surface area contributed by atoms with Gasteiger partial charge < -0.3 is 15.4 Å². The van der Waals surface area contributed by atoms with Crippen molar-refractivity contribution in [2.24, 2.45) is 17.6 Å². The van der Waals surface area contributed by atoms with Crippen molar-refractivity contribution in [1.29, 1.82) is 0 Å². The first-order valence-electron chi connectivity index (χ1n) is 6.63. The van der Waals surface area contributed by atoms with Crippen LogP contribution in [-0.4, -0.2) is 43.3 Å². The zero-order chi connectivity index (χ0) is 11.6. The van der Waals surface area contributed by atoms with Crippen LogP contribution < -0.4 is 5.73 Å². The fourth-order valence-electron chi connectivity index (χ4n) is 3.15. The van der Waals surface area contributed by atoms with Gasteiger partial charge in [-0.05, 0) is 51.5 Å². The van der Waals surface area contributed by atoms with E-state index in [1.165, 1.54) is 32.4 Å². The minimum Gasteiger partial charge on any atom is -0.381 e. The Kier molecular flexibility index (Phi) is 3.88. The highest BCUT2D eigenvalue weighted by atomic mass is 16.5. The van der Waals surface area contributed by atoms with Crippen LogP contribution in [0, 0.1) is 11.8 Å². The molecule has 0 aromatic carbocycles. The predicted molar refractivity (Wildman–Crippen MR) is 66.4 cm³/mol. The summed E-state index contributed by atoms with van der Waals surface area (Å²) in [5.74, 6) is 1.80. The molecule has 2 aliphatic rings. The molecule has 2 aliphatic heterocycles. The van der Waals surface area contributed by atoms with Crippen LogP contribution in [0.3, 0.4) is 0 Å². The summed E-state index contributed by atoms with van der Waals surface area (Å²) in [5, 5.41) is 0. The molecule has 2 fully saturated rings. The van der Waals surface area contributed by atoms with E-state index in [0.717, 1.165) is 31.6 Å². The number of nitrogens with zero attached hydrogens (tertiary/aromatic N) is 1. The zero-order valence-corrected chi connectivity index (χ0v) is 10.7. The fourth-order valence-corrected chi connectivity index (χ4v) is 3.15. The van der Waals surface area contributed by atoms with Crippen LogP contribution in [0.2, 0.25) is 0 Å². The van der Waals surface area contributed by atoms with Gasteiger partial charge >= 0.3 is 0 Å². The van der Waals surface area contributed by atoms with E-state index in [-0.39, 0.29) is 5.54 Å². The van der Waals surface area contributed by atoms with Gasteiger partial charge in [-0.25, -0.2) is 0 Å². The Morgan fingerprint density at radius 2 is 1.88 bits per heavy atom. The quantitative estimate of drug-likeness (QED) is 0.792. The van der Waals surface area contributed by atoms with Crippen LogP contribution in [0.25, 0.3) is 0 Å². The Labute approximate surface area is 99.3 Å². The molecular formula is C13H26N2O. The van der Waals surface area contributed by atoms with Crippen LogP contribution in [0.4, 0.5) is 0 Å². The van der Waals surface area contributed by atoms with Gasteiger partial charge in [0.05, 0.1) is 0 Å². The van der Waals surface area contributed by atoms with E-state index < -0.39 is 0 Å². The molecule has 0 aromatic heterocycles. The maximum atomic E-state index is 6.08. The Bertz CT molecular complexity index is 218. The molecule has 2 saturated heterocycles. The summed E-state index contributed by atoms with van der Waals surface area (Å²) in [4.78, 5) is 2.54. The number of hydrogen-bond acceptors (Lipinski definition) is 3. The second kappa shape index (κ2) is 5.03. The summed E-state index contributed by atoms with van der Waals surface area (Å²) in [6.07, 6.45) is 3.90. The van der Waals surface area contributed by atoms with Gasteiger partial charge in [0, 0.05) is 31.8 Å². The molecule has 0 bridgehead atoms. The molecule has 0 spiro atoms. The molecule has 2 heterocycles. The zero-order valence-electron chi connectivity index (χ0n) is 10.7. The maximum absolute atomic E-state index is 6.08. The summed E-state index contributed by atoms with van der Waals surface area (Å²) in [6, 6.07) is 0. The first-order chi connectivity index (χ1) is 7.54. The molecule has 0 radical (unpaired) electrons. The van der Waals surface area contributed by atoms with E-state index in [0.29, 0.717) is 0 Å². The average Bonchev–Trinajstić information content (AvgIpc) is 2.65. The van der Waals surface area contributed by atoms with E-state index in [4.69, 9.17) is 10.5 Å². The highest BCUT2D eigenvalue weighted by Crippen LogP contribution is 2.31. The molecule has 2 N–H and O–H groups in total. The molecular weight excluding hydrogens is 200 g/mol. The van der Waals surface area contributed by atoms with Gasteiger partial charge in [-0.3, -0.25) is 0 Å². The number of ether oxygens (including phenoxy) is 1. The van der Waals surface area contributed by atoms with Gasteiger partial charge in [-0.1, -0.05) is 0 Å². The molecule has 0 aliphatic carbocycles. The standard InChI is InChI=1S/C13H26N2O/c1-13(2,14)10-15-6-3-12(9-15)11-4-7-16-8-5-11/h11-12H,3-10,14H2,1-2H3. The summed E-state index contributed by atoms with van der Waals surface area (Å²) >= 11 is 0. The molecule has 1 unspecified atom stereocenters. The second-order valence-corrected chi connectivity index (χ2v) is 6.22. The number of hydrogen-bond donors (Lipinski definition) is 1. The maximum Gasteiger partial charge on any atom is 0.0468 e. The van der Waals surface area contributed by atoms with Crippen molar-refractivity contribution in [3.05, 3.63) is 0 Å². The summed E-state index contributed by atoms with van der Waals surface area (Å²) in [7, 11) is 0. The highest BCUT2D eigenvalue weighted by Gasteiger charge is 2.31. The lowest BCUT2D eigenvalue weighted by molar-refractivity contribution is 0.0476. The van der Waals surface area contributed by atoms with Crippen LogP contribution in [0.1, 0.15) is 33.1 Å². The molecule has 94 valence electrons. The fraction of sp³-hybridized carbons (Fsp3) is 1.00. The van der Waals surface area contributed by atoms with Crippen molar-refractivity contribution in [3.63, 3.8) is 0 Å². The summed E-state index contributed by atoms with van der Waals surface area (Å²) in [5.41, 5.74) is 6.03. The van der Waals surface area contributed by atoms with Crippen LogP contribution in [0.15, 0.2) is 0 Å². The Hall–Kier alpha value is -0.120. The van der Waals surface area contributed by atoms with Crippen molar-refractivity contribution in [3.8, 4) is 0 Å². The van der Waals surface area contributed by atoms with Crippen molar-refractivity contribution in [2.75, 3.05) is 32.8 Å². The predicted octanol–water partition coefficient (Wildman–Crippen LogP) is 1.47. The molecule has 0 aromatic rings. The molecule has 0 saturated carbocycles. The minimum atomic E-state index is -0.0510. The Balaban J connectivity index is 1.78. The van der Waals surface area contributed by atoms with Gasteiger partial charge in [0.25, 0.3) is 0 Å². The van der Waals surface area contributed by atoms with Crippen molar-refractivity contribution >= 4 is 0 Å². The van der Waals surface area contributed by atoms with Crippen molar-refractivity contribution < 1.29 is 4.74 Å². The molecule has 2 rings (SSSR count). The van der Waals surface area contributed by atoms with E-state index in [9.17, 15) is 0 Å². The van der Waals surface area contributed by atoms with Crippen LogP contribution >= 0.6 is 0 Å². The lowest BCUT2D eigenvalue weighted by atomic mass is 9.85. The largest absolute Gasteiger partial charge is 0.381 e. The lowest BCUT2D eigenvalue weighted by Gasteiger charge is -2.29. The first kappa shape index (κ1) is 12.3. The molecule has 3 nitrogen and oxygen atoms in total. The van der Waals surface area contributed by atoms with Gasteiger partial charge in [0.2, 0.25) is 0 Å². The van der Waals surface area contributed by atoms with E-state index in [1.54, 1.807) is 0 Å². The number of rotatable bonds is 3. The monoisotopic (exact) mass is 226 g/mol. The number of nitrogens with two attached hydrogens (primary N) is 1. The van der Waals surface area contributed by atoms with E-state index >= 15 is 0 Å². The Morgan fingerprint density at radius 3 is 2.50 bits per heavy atom. The van der Waals surface area contributed by atoms with Crippen LogP contribution in [-0.2, 0) is 4.74 Å². The van der Waals surface area contributed by atoms with Gasteiger partial charge in [0.1, 0.15) is 0 Å². The first-order valence-corrected chi connectivity index (χ1v) is 6.63. The molecule has 0 amide bonds. The minimum absolute atomic E-state index is 0.0510. The molecule has 1 atom stereocenters. The van der Waals surface area contributed by atoms with Gasteiger partial charge in [-0.15, -0.1) is 0 Å². The average molecular weight is 226 g/mol. The van der Waals surface area contributed by atoms with Crippen molar-refractivity contribution in [1.82, 2.24) is 4.90 Å². The van der Waals surface area contributed by atoms with E-state index in [2.05, 4.69) is 18.7 Å². The van der Waals surface area contributed by atoms with Gasteiger partial charge in [-0.2, -0.15) is 0 Å². The Morgan fingerprint density at radius 1 is 1.19 bits per heavy atom. The highest BCUT2D eigenvalue weighted by molar-refractivity contribution is 4.86. The lowest BCUT2D eigenvalue weighted by Crippen LogP contribution is -2.44. The molecule has 16 heavy (non-hydrogen) atoms. The normalized spacial score (nSPS) is 29.8.